The van der Waals surface area contributed by atoms with Crippen LogP contribution in [0.15, 0.2) is 479 Å². The molecular formula is C118H76N4O4. The Morgan fingerprint density at radius 1 is 0.127 bits per heavy atom. The molecule has 4 heterocycles. The molecule has 0 N–H and O–H groups in total. The van der Waals surface area contributed by atoms with Crippen LogP contribution in [0.5, 0.6) is 0 Å². The molecule has 0 aliphatic rings. The van der Waals surface area contributed by atoms with Crippen LogP contribution >= 0.6 is 0 Å². The van der Waals surface area contributed by atoms with E-state index >= 15 is 0 Å². The van der Waals surface area contributed by atoms with Gasteiger partial charge in [-0.2, -0.15) is 0 Å². The highest BCUT2D eigenvalue weighted by molar-refractivity contribution is 6.16. The van der Waals surface area contributed by atoms with Gasteiger partial charge in [-0.25, -0.2) is 0 Å². The molecule has 0 amide bonds. The Morgan fingerprint density at radius 2 is 0.373 bits per heavy atom. The van der Waals surface area contributed by atoms with Crippen molar-refractivity contribution in [3.63, 3.8) is 0 Å². The molecule has 8 heteroatoms. The van der Waals surface area contributed by atoms with Gasteiger partial charge in [-0.1, -0.05) is 309 Å². The summed E-state index contributed by atoms with van der Waals surface area (Å²) in [5.74, 6) is 0. The normalized spacial score (nSPS) is 11.7. The lowest BCUT2D eigenvalue weighted by Crippen LogP contribution is -2.11. The van der Waals surface area contributed by atoms with Crippen molar-refractivity contribution in [2.24, 2.45) is 0 Å². The fourth-order valence-electron chi connectivity index (χ4n) is 18.8. The molecule has 0 radical (unpaired) electrons. The maximum atomic E-state index is 7.32. The third-order valence-electron chi connectivity index (χ3n) is 24.8. The second-order valence-electron chi connectivity index (χ2n) is 32.2. The van der Waals surface area contributed by atoms with Crippen LogP contribution in [0.3, 0.4) is 0 Å². The topological polar surface area (TPSA) is 65.5 Å². The molecule has 20 aromatic carbocycles. The van der Waals surface area contributed by atoms with Crippen LogP contribution in [0, 0.1) is 0 Å². The Morgan fingerprint density at radius 3 is 0.786 bits per heavy atom. The molecule has 0 spiro atoms. The summed E-state index contributed by atoms with van der Waals surface area (Å²) < 4.78 is 27.8. The summed E-state index contributed by atoms with van der Waals surface area (Å²) in [6, 6.07) is 165. The minimum absolute atomic E-state index is 0.789. The highest BCUT2D eigenvalue weighted by atomic mass is 16.3. The molecule has 0 fully saturated rings. The minimum atomic E-state index is 0.789. The maximum Gasteiger partial charge on any atom is 0.159 e. The van der Waals surface area contributed by atoms with E-state index in [0.29, 0.717) is 0 Å². The smallest absolute Gasteiger partial charge is 0.159 e. The average Bonchev–Trinajstić information content (AvgIpc) is 1.52. The van der Waals surface area contributed by atoms with Gasteiger partial charge in [0.1, 0.15) is 22.3 Å². The highest BCUT2D eigenvalue weighted by Crippen LogP contribution is 2.51. The predicted octanol–water partition coefficient (Wildman–Crippen LogP) is 34.3. The van der Waals surface area contributed by atoms with Gasteiger partial charge in [-0.15, -0.1) is 0 Å². The number of fused-ring (bicyclic) bond motifs is 13. The zero-order chi connectivity index (χ0) is 83.1. The SMILES string of the molecule is c1ccc(-c2ccc(N(c3cccc(-c4cccc(N(c5ccc(-c6cccc(-c7ccc8c(c7)oc7c(N(c9cccc(-c%10cccc(N(c%11ccc(-c%12ccccc%12)cc%11)c%11cccc%12c%11oc%11ccccc%11%12)c%10)c9)c9cccc%10ccccc9%10)cccc78)c6)cc5)c5cccc6c5oc5ccccc56)c4)c3)c3cccc4c3oc3ccccc34)cc2)cc1. The molecular weight excluding hydrogens is 1540 g/mol. The van der Waals surface area contributed by atoms with Crippen molar-refractivity contribution in [2.45, 2.75) is 0 Å². The van der Waals surface area contributed by atoms with Crippen LogP contribution in [0.1, 0.15) is 0 Å². The second kappa shape index (κ2) is 30.6. The van der Waals surface area contributed by atoms with Gasteiger partial charge in [0, 0.05) is 88.3 Å². The third-order valence-corrected chi connectivity index (χ3v) is 24.8. The zero-order valence-corrected chi connectivity index (χ0v) is 68.3. The standard InChI is InChI=1S/C118H76N4O4/c1-3-25-77(26-4-1)79-57-64-90(65-58-79)119(107-50-21-45-102-98-42-9-12-54-111(98)123-115(102)107)93-37-16-33-85(72-93)86-34-17-38-94(73-86)121(109-52-23-47-104-100-44-11-14-56-113(100)125-117(104)109)92-68-61-81(62-69-92)83-31-15-32-84(71-83)89-63-70-101-105-48-24-53-110(118(105)126-114(101)76-89)122(106-49-20-30-82-29-7-8-41-97(82)106)96-40-19-36-88(75-96)87-35-18-39-95(74-87)120(91-66-59-80(60-67-91)78-27-5-2-6-28-78)108-51-22-46-103-99-43-10-13-55-112(99)124-116(103)108/h1-76H. The highest BCUT2D eigenvalue weighted by Gasteiger charge is 2.28. The fourth-order valence-corrected chi connectivity index (χ4v) is 18.8. The van der Waals surface area contributed by atoms with E-state index in [2.05, 4.69) is 450 Å². The molecule has 126 heavy (non-hydrogen) atoms. The first kappa shape index (κ1) is 73.0. The molecule has 592 valence electrons. The summed E-state index contributed by atoms with van der Waals surface area (Å²) in [6.07, 6.45) is 0. The number of para-hydroxylation sites is 7. The van der Waals surface area contributed by atoms with E-state index in [4.69, 9.17) is 17.7 Å². The van der Waals surface area contributed by atoms with Crippen molar-refractivity contribution in [1.82, 2.24) is 0 Å². The van der Waals surface area contributed by atoms with Crippen LogP contribution in [0.2, 0.25) is 0 Å². The number of anilines is 12. The molecule has 0 saturated carbocycles. The van der Waals surface area contributed by atoms with Crippen LogP contribution in [0.25, 0.3) is 165 Å². The summed E-state index contributed by atoms with van der Waals surface area (Å²) in [5, 5.41) is 10.7. The monoisotopic (exact) mass is 1610 g/mol. The van der Waals surface area contributed by atoms with Crippen LogP contribution < -0.4 is 19.6 Å². The lowest BCUT2D eigenvalue weighted by Gasteiger charge is -2.28. The summed E-state index contributed by atoms with van der Waals surface area (Å²) in [7, 11) is 0. The number of hydrogen-bond donors (Lipinski definition) is 0. The Labute approximate surface area is 727 Å². The summed E-state index contributed by atoms with van der Waals surface area (Å²) in [5.41, 5.74) is 31.4. The van der Waals surface area contributed by atoms with E-state index in [9.17, 15) is 0 Å². The molecule has 0 atom stereocenters. The van der Waals surface area contributed by atoms with Gasteiger partial charge in [-0.3, -0.25) is 0 Å². The van der Waals surface area contributed by atoms with Gasteiger partial charge in [0.15, 0.2) is 22.3 Å². The first-order valence-electron chi connectivity index (χ1n) is 42.7. The van der Waals surface area contributed by atoms with Crippen LogP contribution in [-0.2, 0) is 0 Å². The maximum absolute atomic E-state index is 7.32. The molecule has 0 aliphatic heterocycles. The molecule has 0 aliphatic carbocycles. The third kappa shape index (κ3) is 12.9. The van der Waals surface area contributed by atoms with Crippen molar-refractivity contribution in [1.29, 1.82) is 0 Å². The van der Waals surface area contributed by atoms with E-state index < -0.39 is 0 Å². The van der Waals surface area contributed by atoms with Gasteiger partial charge < -0.3 is 37.3 Å². The quantitative estimate of drug-likeness (QED) is 0.0842. The Bertz CT molecular complexity index is 8310. The molecule has 0 bridgehead atoms. The predicted molar refractivity (Wildman–Crippen MR) is 524 cm³/mol. The number of hydrogen-bond acceptors (Lipinski definition) is 8. The average molecular weight is 1610 g/mol. The molecule has 0 saturated heterocycles. The zero-order valence-electron chi connectivity index (χ0n) is 68.3. The number of rotatable bonds is 18. The lowest BCUT2D eigenvalue weighted by molar-refractivity contribution is 0.668. The van der Waals surface area contributed by atoms with Gasteiger partial charge in [-0.05, 0) is 224 Å². The Kier molecular flexibility index (Phi) is 17.8. The summed E-state index contributed by atoms with van der Waals surface area (Å²) >= 11 is 0. The van der Waals surface area contributed by atoms with Crippen LogP contribution in [-0.4, -0.2) is 0 Å². The van der Waals surface area contributed by atoms with Crippen molar-refractivity contribution in [2.75, 3.05) is 19.6 Å². The lowest BCUT2D eigenvalue weighted by atomic mass is 9.98. The largest absolute Gasteiger partial charge is 0.454 e. The van der Waals surface area contributed by atoms with Gasteiger partial charge in [0.2, 0.25) is 0 Å². The molecule has 24 rings (SSSR count). The van der Waals surface area contributed by atoms with Gasteiger partial charge in [0.25, 0.3) is 0 Å². The van der Waals surface area contributed by atoms with Crippen molar-refractivity contribution in [3.05, 3.63) is 461 Å². The van der Waals surface area contributed by atoms with E-state index in [0.717, 1.165) is 234 Å². The number of benzene rings is 20. The number of nitrogens with zero attached hydrogens (tertiary/aromatic N) is 4. The summed E-state index contributed by atoms with van der Waals surface area (Å²) in [6.45, 7) is 0. The van der Waals surface area contributed by atoms with E-state index in [1.165, 1.54) is 0 Å². The number of furan rings is 4. The molecule has 24 aromatic rings. The van der Waals surface area contributed by atoms with Gasteiger partial charge in [0.05, 0.1) is 28.4 Å². The van der Waals surface area contributed by atoms with Crippen molar-refractivity contribution < 1.29 is 17.7 Å². The van der Waals surface area contributed by atoms with E-state index in [1.54, 1.807) is 0 Å². The van der Waals surface area contributed by atoms with E-state index in [1.807, 2.05) is 30.3 Å². The fraction of sp³-hybridized carbons (Fsp3) is 0. The van der Waals surface area contributed by atoms with Gasteiger partial charge >= 0.3 is 0 Å². The van der Waals surface area contributed by atoms with E-state index in [-0.39, 0.29) is 0 Å². The minimum Gasteiger partial charge on any atom is -0.454 e. The van der Waals surface area contributed by atoms with Crippen LogP contribution in [0.4, 0.5) is 68.2 Å². The second-order valence-corrected chi connectivity index (χ2v) is 32.2. The first-order valence-corrected chi connectivity index (χ1v) is 42.7. The molecule has 0 unspecified atom stereocenters. The van der Waals surface area contributed by atoms with Crippen molar-refractivity contribution >= 4 is 167 Å². The molecule has 8 nitrogen and oxygen atoms in total. The Balaban J connectivity index is 0.568. The molecule has 4 aromatic heterocycles. The Hall–Kier alpha value is -16.9. The first-order chi connectivity index (χ1) is 62.4. The summed E-state index contributed by atoms with van der Waals surface area (Å²) in [4.78, 5) is 9.36. The van der Waals surface area contributed by atoms with Crippen molar-refractivity contribution in [3.8, 4) is 66.8 Å².